The first-order valence-corrected chi connectivity index (χ1v) is 8.13. The lowest BCUT2D eigenvalue weighted by atomic mass is 9.98. The zero-order chi connectivity index (χ0) is 14.8. The summed E-state index contributed by atoms with van der Waals surface area (Å²) < 4.78 is 48.2. The number of nitrogens with one attached hydrogen (secondary N) is 1. The van der Waals surface area contributed by atoms with Crippen molar-refractivity contribution < 1.29 is 22.0 Å². The lowest BCUT2D eigenvalue weighted by Crippen LogP contribution is -2.26. The molecule has 1 N–H and O–H groups in total. The van der Waals surface area contributed by atoms with Crippen molar-refractivity contribution in [3.05, 3.63) is 29.8 Å². The molecule has 0 aromatic heterocycles. The molecule has 1 heterocycles. The fraction of sp³-hybridized carbons (Fsp3) is 0.462. The van der Waals surface area contributed by atoms with Gasteiger partial charge in [0, 0.05) is 18.2 Å². The van der Waals surface area contributed by atoms with Gasteiger partial charge in [-0.3, -0.25) is 4.79 Å². The Hall–Kier alpha value is -1.50. The van der Waals surface area contributed by atoms with Crippen LogP contribution in [0.5, 0.6) is 0 Å². The van der Waals surface area contributed by atoms with Crippen LogP contribution in [0.2, 0.25) is 0 Å². The lowest BCUT2D eigenvalue weighted by molar-refractivity contribution is -0.117. The quantitative estimate of drug-likeness (QED) is 0.930. The summed E-state index contributed by atoms with van der Waals surface area (Å²) >= 11 is 0. The largest absolute Gasteiger partial charge is 0.326 e. The highest BCUT2D eigenvalue weighted by molar-refractivity contribution is 7.91. The highest BCUT2D eigenvalue weighted by Crippen LogP contribution is 2.22. The third kappa shape index (κ3) is 4.00. The number of anilines is 1. The molecule has 1 saturated heterocycles. The van der Waals surface area contributed by atoms with Gasteiger partial charge in [0.05, 0.1) is 11.5 Å². The number of hydrogen-bond donors (Lipinski definition) is 1. The van der Waals surface area contributed by atoms with Gasteiger partial charge in [0.2, 0.25) is 5.91 Å². The van der Waals surface area contributed by atoms with Crippen molar-refractivity contribution in [2.45, 2.75) is 19.3 Å². The number of rotatable bonds is 3. The molecule has 110 valence electrons. The minimum Gasteiger partial charge on any atom is -0.326 e. The Balaban J connectivity index is 1.88. The van der Waals surface area contributed by atoms with E-state index in [1.54, 1.807) is 0 Å². The van der Waals surface area contributed by atoms with Crippen molar-refractivity contribution in [2.24, 2.45) is 5.92 Å². The minimum absolute atomic E-state index is 0.0174. The van der Waals surface area contributed by atoms with Crippen LogP contribution in [0.25, 0.3) is 0 Å². The summed E-state index contributed by atoms with van der Waals surface area (Å²) in [5, 5.41) is 2.48. The fourth-order valence-electron chi connectivity index (χ4n) is 2.19. The second kappa shape index (κ2) is 5.87. The summed E-state index contributed by atoms with van der Waals surface area (Å²) in [7, 11) is -2.94. The van der Waals surface area contributed by atoms with E-state index in [1.807, 2.05) is 0 Å². The maximum atomic E-state index is 13.0. The molecular weight excluding hydrogens is 288 g/mol. The van der Waals surface area contributed by atoms with E-state index in [0.717, 1.165) is 12.1 Å². The number of benzene rings is 1. The number of carbonyl (C=O) groups is 1. The van der Waals surface area contributed by atoms with Crippen molar-refractivity contribution >= 4 is 21.4 Å². The molecular formula is C13H15F2NO3S. The molecule has 0 bridgehead atoms. The molecule has 7 heteroatoms. The van der Waals surface area contributed by atoms with Gasteiger partial charge in [0.25, 0.3) is 0 Å². The normalized spacial score (nSPS) is 18.7. The molecule has 1 fully saturated rings. The van der Waals surface area contributed by atoms with Gasteiger partial charge in [0.15, 0.2) is 11.6 Å². The summed E-state index contributed by atoms with van der Waals surface area (Å²) in [6.07, 6.45) is 1.12. The molecule has 0 unspecified atom stereocenters. The average molecular weight is 303 g/mol. The highest BCUT2D eigenvalue weighted by atomic mass is 32.2. The van der Waals surface area contributed by atoms with Crippen LogP contribution >= 0.6 is 0 Å². The Morgan fingerprint density at radius 1 is 1.20 bits per heavy atom. The molecule has 0 aliphatic carbocycles. The van der Waals surface area contributed by atoms with Gasteiger partial charge in [-0.15, -0.1) is 0 Å². The molecule has 1 aromatic rings. The Kier molecular flexibility index (Phi) is 4.37. The van der Waals surface area contributed by atoms with Gasteiger partial charge in [-0.1, -0.05) is 0 Å². The fourth-order valence-corrected chi connectivity index (χ4v) is 3.78. The average Bonchev–Trinajstić information content (AvgIpc) is 2.36. The third-order valence-corrected chi connectivity index (χ3v) is 5.07. The molecule has 20 heavy (non-hydrogen) atoms. The topological polar surface area (TPSA) is 63.2 Å². The van der Waals surface area contributed by atoms with E-state index in [-0.39, 0.29) is 35.4 Å². The van der Waals surface area contributed by atoms with E-state index in [4.69, 9.17) is 0 Å². The standard InChI is InChI=1S/C13H15F2NO3S/c14-11-2-1-10(8-12(11)15)16-13(17)7-9-3-5-20(18,19)6-4-9/h1-2,8-9H,3-7H2,(H,16,17). The molecule has 1 amide bonds. The molecule has 1 aliphatic rings. The van der Waals surface area contributed by atoms with Gasteiger partial charge in [-0.05, 0) is 30.9 Å². The van der Waals surface area contributed by atoms with Crippen LogP contribution in [-0.4, -0.2) is 25.8 Å². The Bertz CT molecular complexity index is 602. The second-order valence-electron chi connectivity index (χ2n) is 4.98. The number of halogens is 2. The molecule has 0 spiro atoms. The van der Waals surface area contributed by atoms with Crippen molar-refractivity contribution in [1.29, 1.82) is 0 Å². The first-order valence-electron chi connectivity index (χ1n) is 6.31. The molecule has 2 rings (SSSR count). The Labute approximate surface area is 116 Å². The van der Waals surface area contributed by atoms with E-state index < -0.39 is 21.5 Å². The van der Waals surface area contributed by atoms with Crippen molar-refractivity contribution in [3.8, 4) is 0 Å². The van der Waals surface area contributed by atoms with E-state index in [2.05, 4.69) is 5.32 Å². The molecule has 1 aromatic carbocycles. The highest BCUT2D eigenvalue weighted by Gasteiger charge is 2.25. The van der Waals surface area contributed by atoms with Gasteiger partial charge in [-0.2, -0.15) is 0 Å². The third-order valence-electron chi connectivity index (χ3n) is 3.35. The summed E-state index contributed by atoms with van der Waals surface area (Å²) in [4.78, 5) is 11.8. The van der Waals surface area contributed by atoms with Crippen LogP contribution in [-0.2, 0) is 14.6 Å². The van der Waals surface area contributed by atoms with Crippen LogP contribution < -0.4 is 5.32 Å². The van der Waals surface area contributed by atoms with Crippen LogP contribution in [0, 0.1) is 17.6 Å². The van der Waals surface area contributed by atoms with Crippen LogP contribution in [0.3, 0.4) is 0 Å². The number of carbonyl (C=O) groups excluding carboxylic acids is 1. The van der Waals surface area contributed by atoms with E-state index in [1.165, 1.54) is 6.07 Å². The number of amides is 1. The monoisotopic (exact) mass is 303 g/mol. The smallest absolute Gasteiger partial charge is 0.224 e. The SMILES string of the molecule is O=C(CC1CCS(=O)(=O)CC1)Nc1ccc(F)c(F)c1. The molecule has 0 saturated carbocycles. The zero-order valence-corrected chi connectivity index (χ0v) is 11.6. The van der Waals surface area contributed by atoms with Crippen molar-refractivity contribution in [1.82, 2.24) is 0 Å². The number of sulfone groups is 1. The summed E-state index contributed by atoms with van der Waals surface area (Å²) in [6.45, 7) is 0. The van der Waals surface area contributed by atoms with Gasteiger partial charge in [-0.25, -0.2) is 17.2 Å². The summed E-state index contributed by atoms with van der Waals surface area (Å²) in [5.74, 6) is -2.08. The number of hydrogen-bond acceptors (Lipinski definition) is 3. The van der Waals surface area contributed by atoms with Gasteiger partial charge >= 0.3 is 0 Å². The van der Waals surface area contributed by atoms with Gasteiger partial charge < -0.3 is 5.32 Å². The molecule has 4 nitrogen and oxygen atoms in total. The lowest BCUT2D eigenvalue weighted by Gasteiger charge is -2.21. The Morgan fingerprint density at radius 3 is 2.45 bits per heavy atom. The Morgan fingerprint density at radius 2 is 1.85 bits per heavy atom. The summed E-state index contributed by atoms with van der Waals surface area (Å²) in [6, 6.07) is 3.14. The molecule has 0 atom stereocenters. The minimum atomic E-state index is -2.94. The van der Waals surface area contributed by atoms with E-state index in [9.17, 15) is 22.0 Å². The second-order valence-corrected chi connectivity index (χ2v) is 7.28. The predicted molar refractivity (Wildman–Crippen MR) is 71.0 cm³/mol. The maximum Gasteiger partial charge on any atom is 0.224 e. The van der Waals surface area contributed by atoms with Crippen LogP contribution in [0.15, 0.2) is 18.2 Å². The predicted octanol–water partition coefficient (Wildman–Crippen LogP) is 2.12. The first kappa shape index (κ1) is 14.9. The molecule has 0 radical (unpaired) electrons. The van der Waals surface area contributed by atoms with Crippen molar-refractivity contribution in [2.75, 3.05) is 16.8 Å². The molecule has 1 aliphatic heterocycles. The maximum absolute atomic E-state index is 13.0. The van der Waals surface area contributed by atoms with E-state index >= 15 is 0 Å². The van der Waals surface area contributed by atoms with Gasteiger partial charge in [0.1, 0.15) is 9.84 Å². The van der Waals surface area contributed by atoms with E-state index in [0.29, 0.717) is 12.8 Å². The first-order chi connectivity index (χ1) is 9.35. The van der Waals surface area contributed by atoms with Crippen LogP contribution in [0.4, 0.5) is 14.5 Å². The zero-order valence-electron chi connectivity index (χ0n) is 10.7. The van der Waals surface area contributed by atoms with Crippen molar-refractivity contribution in [3.63, 3.8) is 0 Å². The summed E-state index contributed by atoms with van der Waals surface area (Å²) in [5.41, 5.74) is 0.192. The van der Waals surface area contributed by atoms with Crippen LogP contribution in [0.1, 0.15) is 19.3 Å².